The largest absolute Gasteiger partial charge is 0.314 e. The quantitative estimate of drug-likeness (QED) is 0.772. The normalized spacial score (nSPS) is 12.7. The number of hydrogen-bond donors (Lipinski definition) is 1. The summed E-state index contributed by atoms with van der Waals surface area (Å²) in [4.78, 5) is 0. The van der Waals surface area contributed by atoms with E-state index in [1.54, 1.807) is 12.1 Å². The SMILES string of the molecule is CCCNC(CC)CCc1c(F)cccc1Cl. The molecular formula is C14H21ClFN. The maximum absolute atomic E-state index is 13.6. The van der Waals surface area contributed by atoms with Crippen molar-refractivity contribution in [1.29, 1.82) is 0 Å². The Hall–Kier alpha value is -0.600. The minimum absolute atomic E-state index is 0.192. The van der Waals surface area contributed by atoms with Crippen LogP contribution in [0.5, 0.6) is 0 Å². The van der Waals surface area contributed by atoms with E-state index in [2.05, 4.69) is 19.2 Å². The molecule has 96 valence electrons. The highest BCUT2D eigenvalue weighted by Crippen LogP contribution is 2.21. The Labute approximate surface area is 108 Å². The number of hydrogen-bond acceptors (Lipinski definition) is 1. The molecule has 0 aliphatic rings. The fourth-order valence-electron chi connectivity index (χ4n) is 1.89. The van der Waals surface area contributed by atoms with Gasteiger partial charge in [0.15, 0.2) is 0 Å². The van der Waals surface area contributed by atoms with Gasteiger partial charge in [-0.25, -0.2) is 4.39 Å². The molecule has 0 spiro atoms. The zero-order valence-corrected chi connectivity index (χ0v) is 11.4. The van der Waals surface area contributed by atoms with Gasteiger partial charge in [-0.1, -0.05) is 31.5 Å². The van der Waals surface area contributed by atoms with Gasteiger partial charge in [-0.15, -0.1) is 0 Å². The van der Waals surface area contributed by atoms with Crippen molar-refractivity contribution < 1.29 is 4.39 Å². The molecule has 1 N–H and O–H groups in total. The fraction of sp³-hybridized carbons (Fsp3) is 0.571. The van der Waals surface area contributed by atoms with Gasteiger partial charge in [0, 0.05) is 16.6 Å². The van der Waals surface area contributed by atoms with E-state index in [0.717, 1.165) is 25.8 Å². The van der Waals surface area contributed by atoms with Crippen molar-refractivity contribution in [3.8, 4) is 0 Å². The van der Waals surface area contributed by atoms with Gasteiger partial charge in [0.2, 0.25) is 0 Å². The summed E-state index contributed by atoms with van der Waals surface area (Å²) >= 11 is 6.00. The fourth-order valence-corrected chi connectivity index (χ4v) is 2.15. The lowest BCUT2D eigenvalue weighted by molar-refractivity contribution is 0.464. The van der Waals surface area contributed by atoms with Crippen LogP contribution in [0, 0.1) is 5.82 Å². The second-order valence-corrected chi connectivity index (χ2v) is 4.71. The molecule has 0 aliphatic heterocycles. The van der Waals surface area contributed by atoms with Gasteiger partial charge in [-0.05, 0) is 44.4 Å². The molecular weight excluding hydrogens is 237 g/mol. The van der Waals surface area contributed by atoms with Crippen LogP contribution in [0.2, 0.25) is 5.02 Å². The van der Waals surface area contributed by atoms with Crippen molar-refractivity contribution in [1.82, 2.24) is 5.32 Å². The van der Waals surface area contributed by atoms with E-state index >= 15 is 0 Å². The summed E-state index contributed by atoms with van der Waals surface area (Å²) in [6, 6.07) is 5.32. The predicted octanol–water partition coefficient (Wildman–Crippen LogP) is 4.19. The molecule has 0 bridgehead atoms. The third-order valence-electron chi connectivity index (χ3n) is 2.98. The average molecular weight is 258 g/mol. The van der Waals surface area contributed by atoms with Gasteiger partial charge in [0.1, 0.15) is 5.82 Å². The van der Waals surface area contributed by atoms with Crippen molar-refractivity contribution in [3.05, 3.63) is 34.6 Å². The van der Waals surface area contributed by atoms with E-state index in [1.165, 1.54) is 6.07 Å². The molecule has 0 fully saturated rings. The Kier molecular flexibility index (Phi) is 6.53. The zero-order chi connectivity index (χ0) is 12.7. The summed E-state index contributed by atoms with van der Waals surface area (Å²) in [5, 5.41) is 4.00. The summed E-state index contributed by atoms with van der Waals surface area (Å²) in [5.41, 5.74) is 0.644. The van der Waals surface area contributed by atoms with Gasteiger partial charge < -0.3 is 5.32 Å². The Morgan fingerprint density at radius 1 is 1.35 bits per heavy atom. The first-order valence-electron chi connectivity index (χ1n) is 6.35. The maximum Gasteiger partial charge on any atom is 0.127 e. The minimum atomic E-state index is -0.192. The van der Waals surface area contributed by atoms with Crippen LogP contribution < -0.4 is 5.32 Å². The van der Waals surface area contributed by atoms with Gasteiger partial charge in [-0.2, -0.15) is 0 Å². The third kappa shape index (κ3) is 4.64. The monoisotopic (exact) mass is 257 g/mol. The molecule has 0 radical (unpaired) electrons. The van der Waals surface area contributed by atoms with E-state index in [-0.39, 0.29) is 5.82 Å². The Morgan fingerprint density at radius 3 is 2.71 bits per heavy atom. The second kappa shape index (κ2) is 7.67. The van der Waals surface area contributed by atoms with Crippen molar-refractivity contribution in [2.24, 2.45) is 0 Å². The lowest BCUT2D eigenvalue weighted by Crippen LogP contribution is -2.29. The molecule has 0 saturated carbocycles. The van der Waals surface area contributed by atoms with E-state index in [1.807, 2.05) is 0 Å². The standard InChI is InChI=1S/C14H21ClFN/c1-3-10-17-11(4-2)8-9-12-13(15)6-5-7-14(12)16/h5-7,11,17H,3-4,8-10H2,1-2H3. The third-order valence-corrected chi connectivity index (χ3v) is 3.33. The maximum atomic E-state index is 13.6. The molecule has 1 nitrogen and oxygen atoms in total. The van der Waals surface area contributed by atoms with Crippen LogP contribution in [0.4, 0.5) is 4.39 Å². The lowest BCUT2D eigenvalue weighted by atomic mass is 10.0. The summed E-state index contributed by atoms with van der Waals surface area (Å²) in [6.07, 6.45) is 3.81. The van der Waals surface area contributed by atoms with E-state index in [4.69, 9.17) is 11.6 Å². The highest BCUT2D eigenvalue weighted by atomic mass is 35.5. The van der Waals surface area contributed by atoms with Crippen molar-refractivity contribution >= 4 is 11.6 Å². The van der Waals surface area contributed by atoms with Gasteiger partial charge in [0.05, 0.1) is 0 Å². The van der Waals surface area contributed by atoms with Crippen LogP contribution in [0.15, 0.2) is 18.2 Å². The smallest absolute Gasteiger partial charge is 0.127 e. The Morgan fingerprint density at radius 2 is 2.12 bits per heavy atom. The summed E-state index contributed by atoms with van der Waals surface area (Å²) < 4.78 is 13.6. The van der Waals surface area contributed by atoms with Crippen LogP contribution in [0.1, 0.15) is 38.7 Å². The molecule has 17 heavy (non-hydrogen) atoms. The molecule has 1 aromatic carbocycles. The predicted molar refractivity (Wildman–Crippen MR) is 72.1 cm³/mol. The van der Waals surface area contributed by atoms with Crippen LogP contribution in [0.3, 0.4) is 0 Å². The Balaban J connectivity index is 2.53. The van der Waals surface area contributed by atoms with Crippen LogP contribution >= 0.6 is 11.6 Å². The zero-order valence-electron chi connectivity index (χ0n) is 10.6. The first-order valence-corrected chi connectivity index (χ1v) is 6.73. The van der Waals surface area contributed by atoms with Crippen LogP contribution in [-0.4, -0.2) is 12.6 Å². The van der Waals surface area contributed by atoms with E-state index in [9.17, 15) is 4.39 Å². The van der Waals surface area contributed by atoms with E-state index < -0.39 is 0 Å². The molecule has 1 unspecified atom stereocenters. The molecule has 0 aliphatic carbocycles. The van der Waals surface area contributed by atoms with Crippen molar-refractivity contribution in [2.45, 2.75) is 45.6 Å². The van der Waals surface area contributed by atoms with Crippen molar-refractivity contribution in [3.63, 3.8) is 0 Å². The summed E-state index contributed by atoms with van der Waals surface area (Å²) in [7, 11) is 0. The molecule has 0 aromatic heterocycles. The minimum Gasteiger partial charge on any atom is -0.314 e. The number of benzene rings is 1. The molecule has 1 atom stereocenters. The first-order chi connectivity index (χ1) is 8.19. The molecule has 0 saturated heterocycles. The van der Waals surface area contributed by atoms with Crippen LogP contribution in [-0.2, 0) is 6.42 Å². The number of nitrogens with one attached hydrogen (secondary N) is 1. The highest BCUT2D eigenvalue weighted by Gasteiger charge is 2.10. The lowest BCUT2D eigenvalue weighted by Gasteiger charge is -2.17. The first kappa shape index (κ1) is 14.5. The molecule has 1 rings (SSSR count). The van der Waals surface area contributed by atoms with Gasteiger partial charge in [0.25, 0.3) is 0 Å². The number of rotatable bonds is 7. The Bertz CT molecular complexity index is 321. The summed E-state index contributed by atoms with van der Waals surface area (Å²) in [5.74, 6) is -0.192. The number of halogens is 2. The van der Waals surface area contributed by atoms with E-state index in [0.29, 0.717) is 23.0 Å². The molecule has 1 aromatic rings. The topological polar surface area (TPSA) is 12.0 Å². The van der Waals surface area contributed by atoms with Crippen molar-refractivity contribution in [2.75, 3.05) is 6.54 Å². The van der Waals surface area contributed by atoms with Gasteiger partial charge >= 0.3 is 0 Å². The average Bonchev–Trinajstić information content (AvgIpc) is 2.32. The summed E-state index contributed by atoms with van der Waals surface area (Å²) in [6.45, 7) is 5.31. The van der Waals surface area contributed by atoms with Crippen LogP contribution in [0.25, 0.3) is 0 Å². The molecule has 3 heteroatoms. The van der Waals surface area contributed by atoms with Gasteiger partial charge in [-0.3, -0.25) is 0 Å². The molecule has 0 heterocycles. The highest BCUT2D eigenvalue weighted by molar-refractivity contribution is 6.31. The second-order valence-electron chi connectivity index (χ2n) is 4.30. The molecule has 0 amide bonds.